The van der Waals surface area contributed by atoms with Crippen LogP contribution < -0.4 is 10.6 Å². The molecule has 1 heterocycles. The molecule has 1 aromatic heterocycles. The maximum absolute atomic E-state index is 5.34. The van der Waals surface area contributed by atoms with Gasteiger partial charge < -0.3 is 15.1 Å². The van der Waals surface area contributed by atoms with Crippen LogP contribution in [0.25, 0.3) is 0 Å². The molecular weight excluding hydrogens is 244 g/mol. The van der Waals surface area contributed by atoms with Gasteiger partial charge in [0, 0.05) is 13.1 Å². The largest absolute Gasteiger partial charge is 0.453 e. The zero-order chi connectivity index (χ0) is 10.2. The molecule has 0 aliphatic carbocycles. The first-order valence-electron chi connectivity index (χ1n) is 4.98. The zero-order valence-corrected chi connectivity index (χ0v) is 10.1. The quantitative estimate of drug-likeness (QED) is 0.738. The molecule has 0 bridgehead atoms. The molecule has 0 saturated carbocycles. The number of hydrogen-bond acceptors (Lipinski definition) is 3. The highest BCUT2D eigenvalue weighted by molar-refractivity contribution is 9.10. The van der Waals surface area contributed by atoms with Gasteiger partial charge in [-0.2, -0.15) is 0 Å². The summed E-state index contributed by atoms with van der Waals surface area (Å²) in [7, 11) is 0. The Hall–Kier alpha value is -0.320. The van der Waals surface area contributed by atoms with Crippen LogP contribution in [0.2, 0.25) is 0 Å². The summed E-state index contributed by atoms with van der Waals surface area (Å²) in [5.74, 6) is 0.965. The summed E-state index contributed by atoms with van der Waals surface area (Å²) in [5.41, 5.74) is 0. The third kappa shape index (κ3) is 4.79. The van der Waals surface area contributed by atoms with Crippen molar-refractivity contribution in [2.75, 3.05) is 19.6 Å². The van der Waals surface area contributed by atoms with Crippen molar-refractivity contribution in [2.24, 2.45) is 0 Å². The van der Waals surface area contributed by atoms with Gasteiger partial charge in [-0.3, -0.25) is 0 Å². The lowest BCUT2D eigenvalue weighted by molar-refractivity contribution is 0.463. The van der Waals surface area contributed by atoms with Crippen LogP contribution in [0.1, 0.15) is 19.1 Å². The molecule has 2 N–H and O–H groups in total. The highest BCUT2D eigenvalue weighted by Crippen LogP contribution is 2.13. The van der Waals surface area contributed by atoms with Gasteiger partial charge in [0.1, 0.15) is 5.76 Å². The van der Waals surface area contributed by atoms with Crippen molar-refractivity contribution in [3.63, 3.8) is 0 Å². The smallest absolute Gasteiger partial charge is 0.169 e. The van der Waals surface area contributed by atoms with E-state index in [0.717, 1.165) is 36.6 Å². The van der Waals surface area contributed by atoms with Gasteiger partial charge in [-0.25, -0.2) is 0 Å². The van der Waals surface area contributed by atoms with Gasteiger partial charge in [-0.15, -0.1) is 0 Å². The Bertz CT molecular complexity index is 250. The van der Waals surface area contributed by atoms with Crippen LogP contribution in [0.5, 0.6) is 0 Å². The molecule has 0 radical (unpaired) electrons. The van der Waals surface area contributed by atoms with E-state index in [1.54, 1.807) is 0 Å². The highest BCUT2D eigenvalue weighted by Gasteiger charge is 1.97. The van der Waals surface area contributed by atoms with Crippen molar-refractivity contribution < 1.29 is 4.42 Å². The van der Waals surface area contributed by atoms with Gasteiger partial charge in [0.15, 0.2) is 4.67 Å². The van der Waals surface area contributed by atoms with Gasteiger partial charge in [-0.1, -0.05) is 6.92 Å². The van der Waals surface area contributed by atoms with Crippen LogP contribution in [-0.4, -0.2) is 19.6 Å². The van der Waals surface area contributed by atoms with Crippen molar-refractivity contribution >= 4 is 15.9 Å². The summed E-state index contributed by atoms with van der Waals surface area (Å²) < 4.78 is 6.14. The van der Waals surface area contributed by atoms with E-state index in [0.29, 0.717) is 0 Å². The second-order valence-corrected chi connectivity index (χ2v) is 3.91. The first-order chi connectivity index (χ1) is 6.83. The van der Waals surface area contributed by atoms with E-state index in [4.69, 9.17) is 4.42 Å². The van der Waals surface area contributed by atoms with E-state index in [9.17, 15) is 0 Å². The Morgan fingerprint density at radius 1 is 1.21 bits per heavy atom. The minimum atomic E-state index is 0.790. The molecule has 1 aromatic rings. The van der Waals surface area contributed by atoms with Crippen molar-refractivity contribution in [1.82, 2.24) is 10.6 Å². The van der Waals surface area contributed by atoms with E-state index in [1.165, 1.54) is 6.42 Å². The zero-order valence-electron chi connectivity index (χ0n) is 8.48. The van der Waals surface area contributed by atoms with Crippen LogP contribution in [0.15, 0.2) is 21.2 Å². The third-order valence-electron chi connectivity index (χ3n) is 1.83. The van der Waals surface area contributed by atoms with E-state index in [1.807, 2.05) is 12.1 Å². The van der Waals surface area contributed by atoms with Gasteiger partial charge in [0.2, 0.25) is 0 Å². The average Bonchev–Trinajstić information content (AvgIpc) is 2.58. The molecule has 0 spiro atoms. The SMILES string of the molecule is CCCNCCNCc1ccc(Br)o1. The molecule has 3 nitrogen and oxygen atoms in total. The minimum absolute atomic E-state index is 0.790. The summed E-state index contributed by atoms with van der Waals surface area (Å²) in [5, 5.41) is 6.62. The topological polar surface area (TPSA) is 37.2 Å². The summed E-state index contributed by atoms with van der Waals surface area (Å²) in [6, 6.07) is 3.88. The van der Waals surface area contributed by atoms with Crippen molar-refractivity contribution in [2.45, 2.75) is 19.9 Å². The van der Waals surface area contributed by atoms with E-state index >= 15 is 0 Å². The normalized spacial score (nSPS) is 10.7. The molecule has 0 aromatic carbocycles. The van der Waals surface area contributed by atoms with Crippen LogP contribution in [0.4, 0.5) is 0 Å². The monoisotopic (exact) mass is 260 g/mol. The lowest BCUT2D eigenvalue weighted by Gasteiger charge is -2.03. The molecule has 0 fully saturated rings. The van der Waals surface area contributed by atoms with Gasteiger partial charge >= 0.3 is 0 Å². The number of hydrogen-bond donors (Lipinski definition) is 2. The Kier molecular flexibility index (Phi) is 5.91. The van der Waals surface area contributed by atoms with Gasteiger partial charge in [0.25, 0.3) is 0 Å². The van der Waals surface area contributed by atoms with Crippen molar-refractivity contribution in [3.8, 4) is 0 Å². The van der Waals surface area contributed by atoms with Crippen LogP contribution in [0.3, 0.4) is 0 Å². The Morgan fingerprint density at radius 3 is 2.64 bits per heavy atom. The predicted octanol–water partition coefficient (Wildman–Crippen LogP) is 2.13. The summed E-state index contributed by atoms with van der Waals surface area (Å²) >= 11 is 3.27. The Balaban J connectivity index is 1.99. The average molecular weight is 261 g/mol. The molecule has 0 aliphatic heterocycles. The van der Waals surface area contributed by atoms with E-state index in [2.05, 4.69) is 33.5 Å². The van der Waals surface area contributed by atoms with Gasteiger partial charge in [-0.05, 0) is 41.0 Å². The fourth-order valence-corrected chi connectivity index (χ4v) is 1.48. The standard InChI is InChI=1S/C10H17BrN2O/c1-2-5-12-6-7-13-8-9-3-4-10(11)14-9/h3-4,12-13H,2,5-8H2,1H3. The molecule has 80 valence electrons. The molecule has 0 saturated heterocycles. The number of halogens is 1. The maximum Gasteiger partial charge on any atom is 0.169 e. The summed E-state index contributed by atoms with van der Waals surface area (Å²) in [6.07, 6.45) is 1.19. The van der Waals surface area contributed by atoms with Crippen molar-refractivity contribution in [3.05, 3.63) is 22.6 Å². The molecule has 0 aliphatic rings. The maximum atomic E-state index is 5.34. The lowest BCUT2D eigenvalue weighted by Crippen LogP contribution is -2.27. The Labute approximate surface area is 93.4 Å². The van der Waals surface area contributed by atoms with Crippen LogP contribution in [-0.2, 0) is 6.54 Å². The molecule has 4 heteroatoms. The Morgan fingerprint density at radius 2 is 2.00 bits per heavy atom. The number of rotatable bonds is 7. The van der Waals surface area contributed by atoms with Crippen LogP contribution >= 0.6 is 15.9 Å². The second kappa shape index (κ2) is 7.04. The van der Waals surface area contributed by atoms with Crippen LogP contribution in [0, 0.1) is 0 Å². The van der Waals surface area contributed by atoms with Gasteiger partial charge in [0.05, 0.1) is 6.54 Å². The first-order valence-corrected chi connectivity index (χ1v) is 5.78. The molecular formula is C10H17BrN2O. The van der Waals surface area contributed by atoms with E-state index in [-0.39, 0.29) is 0 Å². The highest BCUT2D eigenvalue weighted by atomic mass is 79.9. The second-order valence-electron chi connectivity index (χ2n) is 3.13. The fourth-order valence-electron chi connectivity index (χ4n) is 1.14. The fraction of sp³-hybridized carbons (Fsp3) is 0.600. The first kappa shape index (κ1) is 11.8. The molecule has 0 atom stereocenters. The molecule has 0 unspecified atom stereocenters. The summed E-state index contributed by atoms with van der Waals surface area (Å²) in [4.78, 5) is 0. The van der Waals surface area contributed by atoms with Crippen molar-refractivity contribution in [1.29, 1.82) is 0 Å². The number of furan rings is 1. The molecule has 14 heavy (non-hydrogen) atoms. The minimum Gasteiger partial charge on any atom is -0.453 e. The lowest BCUT2D eigenvalue weighted by atomic mass is 10.4. The van der Waals surface area contributed by atoms with E-state index < -0.39 is 0 Å². The molecule has 0 amide bonds. The molecule has 1 rings (SSSR count). The number of nitrogens with one attached hydrogen (secondary N) is 2. The third-order valence-corrected chi connectivity index (χ3v) is 2.26. The summed E-state index contributed by atoms with van der Waals surface area (Å²) in [6.45, 7) is 6.03. The predicted molar refractivity (Wildman–Crippen MR) is 61.3 cm³/mol.